The Kier molecular flexibility index (Phi) is 6.60. The molecule has 0 saturated heterocycles. The molecule has 0 unspecified atom stereocenters. The van der Waals surface area contributed by atoms with Gasteiger partial charge in [-0.25, -0.2) is 8.78 Å². The number of hydrogen-bond acceptors (Lipinski definition) is 3. The molecule has 0 aliphatic heterocycles. The molecule has 0 fully saturated rings. The molecule has 0 aliphatic rings. The lowest BCUT2D eigenvalue weighted by atomic mass is 10.2. The molecule has 1 aromatic rings. The Labute approximate surface area is 106 Å². The molecule has 5 heteroatoms. The van der Waals surface area contributed by atoms with Crippen LogP contribution in [-0.2, 0) is 11.3 Å². The molecule has 0 bridgehead atoms. The number of nitrogens with one attached hydrogen (secondary N) is 1. The van der Waals surface area contributed by atoms with E-state index in [2.05, 4.69) is 5.32 Å². The summed E-state index contributed by atoms with van der Waals surface area (Å²) in [5.74, 6) is -1.71. The third-order valence-electron chi connectivity index (χ3n) is 2.26. The van der Waals surface area contributed by atoms with Crippen molar-refractivity contribution in [3.63, 3.8) is 0 Å². The smallest absolute Gasteiger partial charge is 0.190 e. The maximum absolute atomic E-state index is 13.6. The Morgan fingerprint density at radius 1 is 1.11 bits per heavy atom. The van der Waals surface area contributed by atoms with Crippen LogP contribution in [0, 0.1) is 11.6 Å². The summed E-state index contributed by atoms with van der Waals surface area (Å²) in [6.45, 7) is 3.48. The highest BCUT2D eigenvalue weighted by Crippen LogP contribution is 2.23. The summed E-state index contributed by atoms with van der Waals surface area (Å²) in [6, 6.07) is 2.53. The summed E-state index contributed by atoms with van der Waals surface area (Å²) >= 11 is 0. The fourth-order valence-electron chi connectivity index (χ4n) is 1.51. The molecule has 1 aromatic carbocycles. The predicted molar refractivity (Wildman–Crippen MR) is 65.7 cm³/mol. The van der Waals surface area contributed by atoms with Crippen molar-refractivity contribution in [2.75, 3.05) is 26.9 Å². The van der Waals surface area contributed by atoms with Crippen LogP contribution < -0.4 is 10.1 Å². The van der Waals surface area contributed by atoms with Gasteiger partial charge in [0, 0.05) is 13.2 Å². The summed E-state index contributed by atoms with van der Waals surface area (Å²) in [5, 5.41) is 2.83. The van der Waals surface area contributed by atoms with Gasteiger partial charge in [0.2, 0.25) is 0 Å². The normalized spacial score (nSPS) is 10.7. The summed E-state index contributed by atoms with van der Waals surface area (Å²) in [7, 11) is 1.71. The van der Waals surface area contributed by atoms with Crippen molar-refractivity contribution in [3.05, 3.63) is 29.3 Å². The van der Waals surface area contributed by atoms with E-state index < -0.39 is 11.6 Å². The Bertz CT molecular complexity index is 349. The molecule has 1 rings (SSSR count). The Hall–Kier alpha value is -1.20. The second-order valence-electron chi connectivity index (χ2n) is 3.88. The van der Waals surface area contributed by atoms with Crippen molar-refractivity contribution in [3.8, 4) is 5.75 Å². The molecule has 0 radical (unpaired) electrons. The molecule has 0 atom stereocenters. The van der Waals surface area contributed by atoms with Gasteiger partial charge in [0.05, 0.1) is 6.61 Å². The predicted octanol–water partition coefficient (Wildman–Crippen LogP) is 2.49. The number of benzene rings is 1. The number of hydrogen-bond donors (Lipinski definition) is 1. The van der Waals surface area contributed by atoms with E-state index in [1.807, 2.05) is 6.92 Å². The van der Waals surface area contributed by atoms with Crippen molar-refractivity contribution in [2.24, 2.45) is 0 Å². The minimum Gasteiger partial charge on any atom is -0.485 e. The quantitative estimate of drug-likeness (QED) is 0.728. The van der Waals surface area contributed by atoms with Gasteiger partial charge in [0.1, 0.15) is 6.61 Å². The van der Waals surface area contributed by atoms with E-state index in [1.54, 1.807) is 7.05 Å². The van der Waals surface area contributed by atoms with Crippen molar-refractivity contribution in [1.29, 1.82) is 0 Å². The first kappa shape index (κ1) is 14.9. The Morgan fingerprint density at radius 3 is 2.33 bits per heavy atom. The van der Waals surface area contributed by atoms with Crippen molar-refractivity contribution >= 4 is 0 Å². The largest absolute Gasteiger partial charge is 0.485 e. The summed E-state index contributed by atoms with van der Waals surface area (Å²) in [6.07, 6.45) is 0.904. The van der Waals surface area contributed by atoms with Gasteiger partial charge in [0.25, 0.3) is 0 Å². The van der Waals surface area contributed by atoms with E-state index in [0.29, 0.717) is 25.3 Å². The lowest BCUT2D eigenvalue weighted by Gasteiger charge is -2.10. The van der Waals surface area contributed by atoms with Gasteiger partial charge >= 0.3 is 0 Å². The molecular weight excluding hydrogens is 240 g/mol. The molecule has 102 valence electrons. The molecule has 1 N–H and O–H groups in total. The SMILES string of the molecule is CCCOCCOc1c(F)cc(CNC)cc1F. The average Bonchev–Trinajstić information content (AvgIpc) is 2.32. The maximum Gasteiger partial charge on any atom is 0.190 e. The van der Waals surface area contributed by atoms with Gasteiger partial charge in [-0.15, -0.1) is 0 Å². The van der Waals surface area contributed by atoms with Gasteiger partial charge in [-0.05, 0) is 31.2 Å². The topological polar surface area (TPSA) is 30.5 Å². The molecule has 0 heterocycles. The van der Waals surface area contributed by atoms with Crippen LogP contribution in [0.15, 0.2) is 12.1 Å². The van der Waals surface area contributed by atoms with Gasteiger partial charge in [-0.1, -0.05) is 6.92 Å². The minimum absolute atomic E-state index is 0.138. The monoisotopic (exact) mass is 259 g/mol. The van der Waals surface area contributed by atoms with Crippen LogP contribution in [0.2, 0.25) is 0 Å². The molecular formula is C13H19F2NO2. The highest BCUT2D eigenvalue weighted by atomic mass is 19.1. The van der Waals surface area contributed by atoms with Crippen LogP contribution in [-0.4, -0.2) is 26.9 Å². The van der Waals surface area contributed by atoms with E-state index in [0.717, 1.165) is 6.42 Å². The lowest BCUT2D eigenvalue weighted by Crippen LogP contribution is -2.10. The van der Waals surface area contributed by atoms with Gasteiger partial charge in [0.15, 0.2) is 17.4 Å². The minimum atomic E-state index is -0.684. The molecule has 18 heavy (non-hydrogen) atoms. The van der Waals surface area contributed by atoms with Gasteiger partial charge < -0.3 is 14.8 Å². The summed E-state index contributed by atoms with van der Waals surface area (Å²) in [4.78, 5) is 0. The zero-order chi connectivity index (χ0) is 13.4. The fourth-order valence-corrected chi connectivity index (χ4v) is 1.51. The van der Waals surface area contributed by atoms with Crippen LogP contribution in [0.1, 0.15) is 18.9 Å². The van der Waals surface area contributed by atoms with Crippen LogP contribution in [0.25, 0.3) is 0 Å². The zero-order valence-electron chi connectivity index (χ0n) is 10.8. The highest BCUT2D eigenvalue weighted by molar-refractivity contribution is 5.31. The van der Waals surface area contributed by atoms with Crippen molar-refractivity contribution < 1.29 is 18.3 Å². The molecule has 0 spiro atoms. The average molecular weight is 259 g/mol. The molecule has 0 aromatic heterocycles. The standard InChI is InChI=1S/C13H19F2NO2/c1-3-4-17-5-6-18-13-11(14)7-10(9-16-2)8-12(13)15/h7-8,16H,3-6,9H2,1-2H3. The Balaban J connectivity index is 2.54. The Morgan fingerprint density at radius 2 is 1.78 bits per heavy atom. The van der Waals surface area contributed by atoms with Crippen LogP contribution in [0.3, 0.4) is 0 Å². The van der Waals surface area contributed by atoms with Gasteiger partial charge in [-0.3, -0.25) is 0 Å². The third kappa shape index (κ3) is 4.58. The number of ether oxygens (including phenoxy) is 2. The van der Waals surface area contributed by atoms with Crippen molar-refractivity contribution in [2.45, 2.75) is 19.9 Å². The summed E-state index contributed by atoms with van der Waals surface area (Å²) in [5.41, 5.74) is 0.544. The second-order valence-corrected chi connectivity index (χ2v) is 3.88. The van der Waals surface area contributed by atoms with Gasteiger partial charge in [-0.2, -0.15) is 0 Å². The van der Waals surface area contributed by atoms with Crippen molar-refractivity contribution in [1.82, 2.24) is 5.32 Å². The maximum atomic E-state index is 13.6. The van der Waals surface area contributed by atoms with E-state index in [-0.39, 0.29) is 12.4 Å². The summed E-state index contributed by atoms with van der Waals surface area (Å²) < 4.78 is 37.4. The zero-order valence-corrected chi connectivity index (χ0v) is 10.8. The third-order valence-corrected chi connectivity index (χ3v) is 2.26. The fraction of sp³-hybridized carbons (Fsp3) is 0.538. The first-order valence-corrected chi connectivity index (χ1v) is 6.02. The van der Waals surface area contributed by atoms with E-state index in [1.165, 1.54) is 12.1 Å². The first-order chi connectivity index (χ1) is 8.69. The first-order valence-electron chi connectivity index (χ1n) is 6.02. The number of rotatable bonds is 8. The van der Waals surface area contributed by atoms with Crippen LogP contribution in [0.5, 0.6) is 5.75 Å². The van der Waals surface area contributed by atoms with E-state index in [9.17, 15) is 8.78 Å². The van der Waals surface area contributed by atoms with E-state index >= 15 is 0 Å². The second kappa shape index (κ2) is 8.00. The van der Waals surface area contributed by atoms with Crippen LogP contribution in [0.4, 0.5) is 8.78 Å². The van der Waals surface area contributed by atoms with Crippen LogP contribution >= 0.6 is 0 Å². The highest BCUT2D eigenvalue weighted by Gasteiger charge is 2.12. The molecule has 0 saturated carbocycles. The van der Waals surface area contributed by atoms with E-state index in [4.69, 9.17) is 9.47 Å². The molecule has 0 amide bonds. The lowest BCUT2D eigenvalue weighted by molar-refractivity contribution is 0.0975. The molecule has 0 aliphatic carbocycles. The number of halogens is 2. The molecule has 3 nitrogen and oxygen atoms in total.